The van der Waals surface area contributed by atoms with Gasteiger partial charge in [-0.05, 0) is 93.5 Å². The van der Waals surface area contributed by atoms with E-state index in [4.69, 9.17) is 19.9 Å². The molecular weight excluding hydrogens is 953 g/mol. The number of hydrogen-bond donors (Lipinski definition) is 0. The molecule has 3 aromatic heterocycles. The summed E-state index contributed by atoms with van der Waals surface area (Å²) in [6, 6.07) is 92.4. The molecule has 0 amide bonds. The smallest absolute Gasteiger partial charge is 0.240 e. The molecular formula is C70H56N6Si. The van der Waals surface area contributed by atoms with Gasteiger partial charge < -0.3 is 4.90 Å². The molecule has 0 bridgehead atoms. The van der Waals surface area contributed by atoms with Crippen molar-refractivity contribution in [1.82, 2.24) is 24.5 Å². The van der Waals surface area contributed by atoms with Crippen molar-refractivity contribution in [3.05, 3.63) is 260 Å². The molecule has 0 spiro atoms. The molecule has 1 saturated carbocycles. The average molecular weight is 1010 g/mol. The van der Waals surface area contributed by atoms with Gasteiger partial charge in [-0.15, -0.1) is 0 Å². The van der Waals surface area contributed by atoms with Gasteiger partial charge in [0.25, 0.3) is 0 Å². The van der Waals surface area contributed by atoms with Crippen LogP contribution in [0.15, 0.2) is 255 Å². The fourth-order valence-corrected chi connectivity index (χ4v) is 17.9. The number of pyridine rings is 1. The fourth-order valence-electron chi connectivity index (χ4n) is 13.2. The summed E-state index contributed by atoms with van der Waals surface area (Å²) in [7, 11) is -3.43. The molecule has 0 saturated heterocycles. The molecule has 0 radical (unpaired) electrons. The molecule has 370 valence electrons. The highest BCUT2D eigenvalue weighted by Gasteiger charge is 2.58. The van der Waals surface area contributed by atoms with Gasteiger partial charge in [-0.1, -0.05) is 244 Å². The van der Waals surface area contributed by atoms with Crippen LogP contribution < -0.4 is 25.8 Å². The summed E-state index contributed by atoms with van der Waals surface area (Å²) in [4.78, 5) is 25.3. The Morgan fingerprint density at radius 1 is 0.390 bits per heavy atom. The Kier molecular flexibility index (Phi) is 11.3. The highest BCUT2D eigenvalue weighted by atomic mass is 28.3. The average Bonchev–Trinajstić information content (AvgIpc) is 4.20. The molecule has 12 aromatic rings. The van der Waals surface area contributed by atoms with Crippen molar-refractivity contribution in [1.29, 1.82) is 0 Å². The molecule has 2 atom stereocenters. The van der Waals surface area contributed by atoms with E-state index in [9.17, 15) is 0 Å². The van der Waals surface area contributed by atoms with Crippen LogP contribution in [0.2, 0.25) is 0 Å². The summed E-state index contributed by atoms with van der Waals surface area (Å²) in [6.07, 6.45) is 4.44. The maximum absolute atomic E-state index is 5.81. The molecule has 77 heavy (non-hydrogen) atoms. The van der Waals surface area contributed by atoms with Crippen LogP contribution in [0.4, 0.5) is 11.6 Å². The normalized spacial score (nSPS) is 17.1. The number of fused-ring (bicyclic) bond motifs is 6. The highest BCUT2D eigenvalue weighted by Crippen LogP contribution is 2.60. The minimum Gasteiger partial charge on any atom is -0.303 e. The zero-order valence-electron chi connectivity index (χ0n) is 43.3. The van der Waals surface area contributed by atoms with Crippen LogP contribution in [0, 0.1) is 0 Å². The Balaban J connectivity index is 1.06. The van der Waals surface area contributed by atoms with Gasteiger partial charge >= 0.3 is 0 Å². The summed E-state index contributed by atoms with van der Waals surface area (Å²) >= 11 is 0. The molecule has 9 aromatic carbocycles. The van der Waals surface area contributed by atoms with Gasteiger partial charge in [-0.2, -0.15) is 15.0 Å². The lowest BCUT2D eigenvalue weighted by Gasteiger charge is -2.49. The number of nitrogens with zero attached hydrogens (tertiary/aromatic N) is 6. The van der Waals surface area contributed by atoms with Crippen LogP contribution in [0.1, 0.15) is 45.1 Å². The third kappa shape index (κ3) is 7.51. The molecule has 0 N–H and O–H groups in total. The first-order valence-electron chi connectivity index (χ1n) is 27.0. The van der Waals surface area contributed by atoms with E-state index < -0.39 is 8.07 Å². The molecule has 1 aliphatic carbocycles. The van der Waals surface area contributed by atoms with E-state index in [-0.39, 0.29) is 11.0 Å². The number of rotatable bonds is 10. The van der Waals surface area contributed by atoms with E-state index in [0.717, 1.165) is 85.5 Å². The molecule has 7 heteroatoms. The van der Waals surface area contributed by atoms with Gasteiger partial charge in [0.15, 0.2) is 5.82 Å². The van der Waals surface area contributed by atoms with E-state index in [2.05, 4.69) is 278 Å². The predicted molar refractivity (Wildman–Crippen MR) is 320 cm³/mol. The molecule has 2 unspecified atom stereocenters. The van der Waals surface area contributed by atoms with Crippen LogP contribution in [0.3, 0.4) is 0 Å². The Hall–Kier alpha value is -9.04. The maximum atomic E-state index is 5.81. The maximum Gasteiger partial charge on any atom is 0.240 e. The number of hydrogen-bond acceptors (Lipinski definition) is 5. The minimum absolute atomic E-state index is 0.101. The van der Waals surface area contributed by atoms with Crippen molar-refractivity contribution in [2.45, 2.75) is 50.5 Å². The number of para-hydroxylation sites is 3. The van der Waals surface area contributed by atoms with Crippen molar-refractivity contribution < 1.29 is 0 Å². The van der Waals surface area contributed by atoms with Crippen LogP contribution in [0.5, 0.6) is 0 Å². The number of anilines is 2. The van der Waals surface area contributed by atoms with Crippen LogP contribution in [0.25, 0.3) is 72.7 Å². The van der Waals surface area contributed by atoms with Gasteiger partial charge in [0, 0.05) is 38.3 Å². The van der Waals surface area contributed by atoms with E-state index in [1.165, 1.54) is 33.2 Å². The van der Waals surface area contributed by atoms with Gasteiger partial charge in [0.2, 0.25) is 20.0 Å². The summed E-state index contributed by atoms with van der Waals surface area (Å²) in [5.74, 6) is 1.86. The van der Waals surface area contributed by atoms with Gasteiger partial charge in [-0.25, -0.2) is 0 Å². The van der Waals surface area contributed by atoms with E-state index in [1.54, 1.807) is 0 Å². The summed E-state index contributed by atoms with van der Waals surface area (Å²) in [6.45, 7) is 4.91. The van der Waals surface area contributed by atoms with E-state index in [0.29, 0.717) is 17.7 Å². The Morgan fingerprint density at radius 3 is 1.49 bits per heavy atom. The molecule has 14 rings (SSSR count). The Bertz CT molecular complexity index is 3920. The quantitative estimate of drug-likeness (QED) is 0.101. The van der Waals surface area contributed by atoms with Crippen LogP contribution >= 0.6 is 0 Å². The predicted octanol–water partition coefficient (Wildman–Crippen LogP) is 14.2. The first-order valence-corrected chi connectivity index (χ1v) is 29.0. The van der Waals surface area contributed by atoms with Crippen molar-refractivity contribution in [3.8, 4) is 50.8 Å². The summed E-state index contributed by atoms with van der Waals surface area (Å²) in [5.41, 5.74) is 11.8. The first-order chi connectivity index (χ1) is 37.9. The van der Waals surface area contributed by atoms with E-state index in [1.807, 2.05) is 0 Å². The highest BCUT2D eigenvalue weighted by molar-refractivity contribution is 7.19. The van der Waals surface area contributed by atoms with Crippen molar-refractivity contribution in [2.24, 2.45) is 0 Å². The lowest BCUT2D eigenvalue weighted by Crippen LogP contribution is -2.75. The second kappa shape index (κ2) is 18.7. The molecule has 6 nitrogen and oxygen atoms in total. The topological polar surface area (TPSA) is 59.7 Å². The molecule has 1 aliphatic heterocycles. The van der Waals surface area contributed by atoms with Gasteiger partial charge in [-0.3, -0.25) is 9.55 Å². The largest absolute Gasteiger partial charge is 0.303 e. The van der Waals surface area contributed by atoms with Crippen LogP contribution in [-0.4, -0.2) is 38.1 Å². The monoisotopic (exact) mass is 1010 g/mol. The molecule has 2 aliphatic rings. The van der Waals surface area contributed by atoms with Crippen LogP contribution in [-0.2, 0) is 5.41 Å². The van der Waals surface area contributed by atoms with Crippen molar-refractivity contribution >= 4 is 62.4 Å². The van der Waals surface area contributed by atoms with Crippen molar-refractivity contribution in [3.63, 3.8) is 0 Å². The third-order valence-electron chi connectivity index (χ3n) is 17.2. The second-order valence-corrected chi connectivity index (χ2v) is 25.0. The van der Waals surface area contributed by atoms with E-state index >= 15 is 0 Å². The second-order valence-electron chi connectivity index (χ2n) is 21.3. The van der Waals surface area contributed by atoms with Gasteiger partial charge in [0.05, 0.1) is 22.3 Å². The summed E-state index contributed by atoms with van der Waals surface area (Å²) in [5, 5.41) is 6.96. The number of benzene rings is 9. The lowest BCUT2D eigenvalue weighted by atomic mass is 9.61. The Labute approximate surface area is 451 Å². The minimum atomic E-state index is -3.43. The Morgan fingerprint density at radius 2 is 0.870 bits per heavy atom. The molecule has 1 fully saturated rings. The first kappa shape index (κ1) is 46.5. The standard InChI is InChI=1S/C70H56N6Si/c1-69-44-18-19-45-70(69,2)76(64-42-17-14-38-60(64)69)68-73-66(72-67(74-68)75-62-40-15-12-36-58(62)59-37-13-16-41-63(59)75)54-32-22-35-57(48-54)77(55-33-20-30-52(46-55)49-24-6-3-7-25-49,56-34-21-31-53(47-56)50-26-8-4-9-27-50)65-43-23-39-61(71-65)51-28-10-5-11-29-51/h3-17,20-43,46-48H,18-19,44-45H2,1-2H3. The summed E-state index contributed by atoms with van der Waals surface area (Å²) < 4.78 is 2.25. The fraction of sp³-hybridized carbons (Fsp3) is 0.114. The molecule has 4 heterocycles. The zero-order valence-corrected chi connectivity index (χ0v) is 44.3. The lowest BCUT2D eigenvalue weighted by molar-refractivity contribution is 0.193. The third-order valence-corrected chi connectivity index (χ3v) is 21.7. The van der Waals surface area contributed by atoms with Gasteiger partial charge in [0.1, 0.15) is 0 Å². The number of aromatic nitrogens is 5. The SMILES string of the molecule is CC12CCCCC1(C)N(c1nc(-c3cccc([Si](c4cccc(-c5ccccc5)c4)(c4cccc(-c5ccccc5)c4)c4cccc(-c5ccccc5)n4)c3)nc(-n3c4ccccc4c4ccccc43)n1)c1ccccc12. The zero-order chi connectivity index (χ0) is 51.6. The van der Waals surface area contributed by atoms with Crippen molar-refractivity contribution in [2.75, 3.05) is 4.90 Å².